The molecule has 1 nitrogen and oxygen atoms in total. The zero-order chi connectivity index (χ0) is 15.2. The number of hydrogen-bond donors (Lipinski definition) is 0. The Morgan fingerprint density at radius 1 is 1.29 bits per heavy atom. The predicted molar refractivity (Wildman–Crippen MR) is 87.4 cm³/mol. The van der Waals surface area contributed by atoms with Crippen molar-refractivity contribution in [2.75, 3.05) is 6.61 Å². The van der Waals surface area contributed by atoms with Gasteiger partial charge in [0.25, 0.3) is 0 Å². The Bertz CT molecular complexity index is 510. The van der Waals surface area contributed by atoms with Gasteiger partial charge in [-0.15, -0.1) is 0 Å². The summed E-state index contributed by atoms with van der Waals surface area (Å²) in [5.41, 5.74) is 1.72. The minimum Gasteiger partial charge on any atom is -0.492 e. The molecule has 0 N–H and O–H groups in total. The molecule has 1 atom stereocenters. The van der Waals surface area contributed by atoms with Crippen LogP contribution >= 0.6 is 11.6 Å². The second-order valence-corrected chi connectivity index (χ2v) is 6.12. The van der Waals surface area contributed by atoms with E-state index in [2.05, 4.69) is 13.0 Å². The van der Waals surface area contributed by atoms with Crippen molar-refractivity contribution in [3.8, 4) is 5.75 Å². The lowest BCUT2D eigenvalue weighted by molar-refractivity contribution is 0.316. The van der Waals surface area contributed by atoms with Crippen molar-refractivity contribution in [3.63, 3.8) is 0 Å². The van der Waals surface area contributed by atoms with Gasteiger partial charge in [0.2, 0.25) is 0 Å². The molecule has 0 aromatic heterocycles. The van der Waals surface area contributed by atoms with Gasteiger partial charge in [0.15, 0.2) is 5.82 Å². The smallest absolute Gasteiger partial charge is 0.153 e. The lowest BCUT2D eigenvalue weighted by Crippen LogP contribution is -2.06. The highest BCUT2D eigenvalue weighted by atomic mass is 35.5. The molecule has 2 rings (SSSR count). The number of allylic oxidation sites excluding steroid dienone is 2. The highest BCUT2D eigenvalue weighted by Crippen LogP contribution is 2.37. The zero-order valence-electron chi connectivity index (χ0n) is 12.9. The summed E-state index contributed by atoms with van der Waals surface area (Å²) in [6.45, 7) is 4.78. The number of halogens is 2. The van der Waals surface area contributed by atoms with E-state index in [0.29, 0.717) is 17.9 Å². The van der Waals surface area contributed by atoms with E-state index in [1.807, 2.05) is 6.92 Å². The molecule has 0 bridgehead atoms. The van der Waals surface area contributed by atoms with E-state index >= 15 is 0 Å². The average Bonchev–Trinajstić information content (AvgIpc) is 2.50. The van der Waals surface area contributed by atoms with Gasteiger partial charge in [-0.1, -0.05) is 44.4 Å². The quantitative estimate of drug-likeness (QED) is 0.603. The summed E-state index contributed by atoms with van der Waals surface area (Å²) < 4.78 is 19.9. The molecule has 3 heteroatoms. The maximum atomic E-state index is 14.5. The van der Waals surface area contributed by atoms with Crippen molar-refractivity contribution in [1.82, 2.24) is 0 Å². The minimum atomic E-state index is -0.342. The third-order valence-corrected chi connectivity index (χ3v) is 4.42. The molecule has 21 heavy (non-hydrogen) atoms. The molecule has 0 amide bonds. The summed E-state index contributed by atoms with van der Waals surface area (Å²) in [5.74, 6) is 0.856. The van der Waals surface area contributed by atoms with Gasteiger partial charge in [-0.2, -0.15) is 0 Å². The molecular weight excluding hydrogens is 287 g/mol. The largest absolute Gasteiger partial charge is 0.492 e. The Hall–Kier alpha value is -1.02. The fourth-order valence-corrected chi connectivity index (χ4v) is 3.13. The summed E-state index contributed by atoms with van der Waals surface area (Å²) in [7, 11) is 0. The first kappa shape index (κ1) is 16.4. The van der Waals surface area contributed by atoms with Crippen LogP contribution in [0.1, 0.15) is 57.9 Å². The first-order valence-electron chi connectivity index (χ1n) is 7.97. The molecule has 0 saturated carbocycles. The van der Waals surface area contributed by atoms with Crippen LogP contribution in [-0.2, 0) is 0 Å². The van der Waals surface area contributed by atoms with Gasteiger partial charge in [0.1, 0.15) is 10.8 Å². The maximum absolute atomic E-state index is 14.5. The number of hydrogen-bond acceptors (Lipinski definition) is 1. The first-order valence-corrected chi connectivity index (χ1v) is 8.35. The summed E-state index contributed by atoms with van der Waals surface area (Å²) in [5, 5.41) is 0.109. The Morgan fingerprint density at radius 3 is 2.71 bits per heavy atom. The van der Waals surface area contributed by atoms with Crippen molar-refractivity contribution in [2.24, 2.45) is 5.92 Å². The fraction of sp³-hybridized carbons (Fsp3) is 0.556. The summed E-state index contributed by atoms with van der Waals surface area (Å²) in [4.78, 5) is 0. The van der Waals surface area contributed by atoms with Gasteiger partial charge in [-0.3, -0.25) is 0 Å². The van der Waals surface area contributed by atoms with Crippen LogP contribution in [0.2, 0.25) is 5.02 Å². The molecule has 116 valence electrons. The van der Waals surface area contributed by atoms with Crippen molar-refractivity contribution < 1.29 is 9.13 Å². The van der Waals surface area contributed by atoms with Gasteiger partial charge in [-0.25, -0.2) is 4.39 Å². The molecule has 1 aromatic carbocycles. The molecule has 1 aliphatic rings. The second kappa shape index (κ2) is 7.84. The summed E-state index contributed by atoms with van der Waals surface area (Å²) in [6.07, 6.45) is 8.68. The second-order valence-electron chi connectivity index (χ2n) is 5.75. The SMILES string of the molecule is CCCOc1ccc(C2=CCC(CCC)CC2)c(F)c1Cl. The zero-order valence-corrected chi connectivity index (χ0v) is 13.7. The van der Waals surface area contributed by atoms with E-state index in [1.165, 1.54) is 12.8 Å². The highest BCUT2D eigenvalue weighted by molar-refractivity contribution is 6.32. The number of rotatable bonds is 6. The van der Waals surface area contributed by atoms with Crippen molar-refractivity contribution >= 4 is 17.2 Å². The van der Waals surface area contributed by atoms with Gasteiger partial charge in [0.05, 0.1) is 6.61 Å². The third kappa shape index (κ3) is 4.00. The van der Waals surface area contributed by atoms with E-state index in [4.69, 9.17) is 16.3 Å². The molecule has 0 fully saturated rings. The van der Waals surface area contributed by atoms with Crippen LogP contribution in [0.4, 0.5) is 4.39 Å². The predicted octanol–water partition coefficient (Wildman–Crippen LogP) is 6.25. The van der Waals surface area contributed by atoms with Crippen LogP contribution in [0.15, 0.2) is 18.2 Å². The molecule has 0 aliphatic heterocycles. The van der Waals surface area contributed by atoms with Crippen molar-refractivity contribution in [2.45, 2.75) is 52.4 Å². The number of ether oxygens (including phenoxy) is 1. The molecule has 0 heterocycles. The summed E-state index contributed by atoms with van der Waals surface area (Å²) >= 11 is 6.10. The molecule has 1 aliphatic carbocycles. The maximum Gasteiger partial charge on any atom is 0.153 e. The van der Waals surface area contributed by atoms with E-state index < -0.39 is 0 Å². The van der Waals surface area contributed by atoms with Crippen LogP contribution in [0.5, 0.6) is 5.75 Å². The van der Waals surface area contributed by atoms with E-state index in [0.717, 1.165) is 37.2 Å². The topological polar surface area (TPSA) is 9.23 Å². The first-order chi connectivity index (χ1) is 10.2. The Labute approximate surface area is 132 Å². The lowest BCUT2D eigenvalue weighted by atomic mass is 9.84. The number of benzene rings is 1. The molecule has 1 unspecified atom stereocenters. The Balaban J connectivity index is 2.16. The van der Waals surface area contributed by atoms with Gasteiger partial charge >= 0.3 is 0 Å². The van der Waals surface area contributed by atoms with Crippen LogP contribution in [0, 0.1) is 11.7 Å². The van der Waals surface area contributed by atoms with Gasteiger partial charge in [0, 0.05) is 5.56 Å². The average molecular weight is 311 g/mol. The van der Waals surface area contributed by atoms with Crippen LogP contribution < -0.4 is 4.74 Å². The van der Waals surface area contributed by atoms with Crippen LogP contribution in [-0.4, -0.2) is 6.61 Å². The Kier molecular flexibility index (Phi) is 6.10. The van der Waals surface area contributed by atoms with Crippen molar-refractivity contribution in [3.05, 3.63) is 34.6 Å². The lowest BCUT2D eigenvalue weighted by Gasteiger charge is -2.22. The van der Waals surface area contributed by atoms with Gasteiger partial charge in [-0.05, 0) is 49.3 Å². The third-order valence-electron chi connectivity index (χ3n) is 4.07. The van der Waals surface area contributed by atoms with Crippen LogP contribution in [0.3, 0.4) is 0 Å². The molecule has 0 radical (unpaired) electrons. The monoisotopic (exact) mass is 310 g/mol. The van der Waals surface area contributed by atoms with E-state index in [-0.39, 0.29) is 10.8 Å². The highest BCUT2D eigenvalue weighted by Gasteiger charge is 2.19. The normalized spacial score (nSPS) is 18.5. The molecule has 1 aromatic rings. The minimum absolute atomic E-state index is 0.109. The molecule has 0 spiro atoms. The van der Waals surface area contributed by atoms with E-state index in [1.54, 1.807) is 12.1 Å². The standard InChI is InChI=1S/C18H24ClFO/c1-3-5-13-6-8-14(9-7-13)15-10-11-16(21-12-4-2)17(19)18(15)20/h8,10-11,13H,3-7,9,12H2,1-2H3. The van der Waals surface area contributed by atoms with E-state index in [9.17, 15) is 4.39 Å². The van der Waals surface area contributed by atoms with Crippen molar-refractivity contribution in [1.29, 1.82) is 0 Å². The van der Waals surface area contributed by atoms with Gasteiger partial charge < -0.3 is 4.74 Å². The Morgan fingerprint density at radius 2 is 2.10 bits per heavy atom. The molecule has 0 saturated heterocycles. The van der Waals surface area contributed by atoms with Crippen LogP contribution in [0.25, 0.3) is 5.57 Å². The molecular formula is C18H24ClFO. The summed E-state index contributed by atoms with van der Waals surface area (Å²) in [6, 6.07) is 3.59. The fourth-order valence-electron chi connectivity index (χ4n) is 2.91.